The lowest BCUT2D eigenvalue weighted by atomic mass is 10.1. The second-order valence-electron chi connectivity index (χ2n) is 7.90. The van der Waals surface area contributed by atoms with E-state index in [9.17, 15) is 4.79 Å². The summed E-state index contributed by atoms with van der Waals surface area (Å²) in [6, 6.07) is 9.91. The predicted octanol–water partition coefficient (Wildman–Crippen LogP) is 4.40. The summed E-state index contributed by atoms with van der Waals surface area (Å²) in [6.45, 7) is 5.70. The molecule has 30 heavy (non-hydrogen) atoms. The van der Waals surface area contributed by atoms with Crippen molar-refractivity contribution < 1.29 is 19.0 Å². The van der Waals surface area contributed by atoms with Crippen LogP contribution >= 0.6 is 11.3 Å². The Morgan fingerprint density at radius 3 is 2.83 bits per heavy atom. The van der Waals surface area contributed by atoms with E-state index in [-0.39, 0.29) is 25.2 Å². The minimum Gasteiger partial charge on any atom is -0.454 e. The highest BCUT2D eigenvalue weighted by Gasteiger charge is 2.27. The van der Waals surface area contributed by atoms with Gasteiger partial charge in [-0.1, -0.05) is 17.4 Å². The van der Waals surface area contributed by atoms with Gasteiger partial charge in [-0.05, 0) is 67.6 Å². The number of nitrogens with zero attached hydrogens (tertiary/aromatic N) is 2. The Labute approximate surface area is 179 Å². The molecule has 0 radical (unpaired) electrons. The van der Waals surface area contributed by atoms with Crippen molar-refractivity contribution in [2.45, 2.75) is 39.2 Å². The van der Waals surface area contributed by atoms with E-state index < -0.39 is 0 Å². The highest BCUT2D eigenvalue weighted by atomic mass is 32.1. The number of rotatable bonds is 5. The van der Waals surface area contributed by atoms with Crippen molar-refractivity contribution in [3.63, 3.8) is 0 Å². The Balaban J connectivity index is 1.44. The molecule has 1 saturated heterocycles. The molecule has 5 rings (SSSR count). The average molecular weight is 425 g/mol. The first-order valence-corrected chi connectivity index (χ1v) is 11.1. The maximum Gasteiger partial charge on any atom is 0.233 e. The van der Waals surface area contributed by atoms with Gasteiger partial charge in [0, 0.05) is 6.61 Å². The van der Waals surface area contributed by atoms with Crippen LogP contribution in [0, 0.1) is 13.8 Å². The van der Waals surface area contributed by atoms with Gasteiger partial charge in [0.25, 0.3) is 0 Å². The fourth-order valence-electron chi connectivity index (χ4n) is 3.88. The number of aromatic nitrogens is 1. The molecule has 1 aromatic heterocycles. The smallest absolute Gasteiger partial charge is 0.233 e. The van der Waals surface area contributed by atoms with Crippen molar-refractivity contribution in [2.24, 2.45) is 0 Å². The molecule has 0 unspecified atom stereocenters. The van der Waals surface area contributed by atoms with E-state index in [0.717, 1.165) is 46.1 Å². The van der Waals surface area contributed by atoms with Crippen LogP contribution in [0.3, 0.4) is 0 Å². The molecule has 2 aromatic carbocycles. The molecule has 3 aromatic rings. The number of amides is 1. The average Bonchev–Trinajstić information content (AvgIpc) is 3.46. The Kier molecular flexibility index (Phi) is 5.08. The van der Waals surface area contributed by atoms with E-state index in [4.69, 9.17) is 19.2 Å². The summed E-state index contributed by atoms with van der Waals surface area (Å²) in [5.74, 6) is 1.42. The van der Waals surface area contributed by atoms with Crippen LogP contribution in [0.25, 0.3) is 10.2 Å². The van der Waals surface area contributed by atoms with Crippen LogP contribution in [0.1, 0.15) is 29.5 Å². The van der Waals surface area contributed by atoms with Gasteiger partial charge < -0.3 is 14.2 Å². The topological polar surface area (TPSA) is 60.9 Å². The van der Waals surface area contributed by atoms with E-state index in [0.29, 0.717) is 12.3 Å². The van der Waals surface area contributed by atoms with Gasteiger partial charge in [0.1, 0.15) is 0 Å². The third-order valence-corrected chi connectivity index (χ3v) is 6.77. The van der Waals surface area contributed by atoms with E-state index in [1.165, 1.54) is 11.1 Å². The molecule has 0 bridgehead atoms. The summed E-state index contributed by atoms with van der Waals surface area (Å²) in [7, 11) is 0. The lowest BCUT2D eigenvalue weighted by Crippen LogP contribution is -2.38. The Morgan fingerprint density at radius 2 is 2.00 bits per heavy atom. The third-order valence-electron chi connectivity index (χ3n) is 5.73. The number of carbonyl (C=O) groups is 1. The van der Waals surface area contributed by atoms with Gasteiger partial charge in [-0.3, -0.25) is 9.69 Å². The molecule has 1 atom stereocenters. The lowest BCUT2D eigenvalue weighted by molar-refractivity contribution is -0.118. The fraction of sp³-hybridized carbons (Fsp3) is 0.391. The van der Waals surface area contributed by atoms with Crippen LogP contribution < -0.4 is 14.4 Å². The molecule has 156 valence electrons. The number of thiazole rings is 1. The number of aryl methyl sites for hydroxylation is 2. The number of carbonyl (C=O) groups excluding carboxylic acids is 1. The van der Waals surface area contributed by atoms with Crippen molar-refractivity contribution in [3.05, 3.63) is 47.0 Å². The maximum atomic E-state index is 13.4. The molecule has 0 aliphatic carbocycles. The Morgan fingerprint density at radius 1 is 1.17 bits per heavy atom. The molecule has 2 aliphatic rings. The third kappa shape index (κ3) is 3.75. The summed E-state index contributed by atoms with van der Waals surface area (Å²) in [6.07, 6.45) is 2.34. The number of anilines is 1. The van der Waals surface area contributed by atoms with E-state index >= 15 is 0 Å². The van der Waals surface area contributed by atoms with Crippen molar-refractivity contribution in [1.29, 1.82) is 0 Å². The van der Waals surface area contributed by atoms with Gasteiger partial charge in [-0.25, -0.2) is 4.98 Å². The summed E-state index contributed by atoms with van der Waals surface area (Å²) >= 11 is 1.56. The van der Waals surface area contributed by atoms with Crippen molar-refractivity contribution in [1.82, 2.24) is 4.98 Å². The van der Waals surface area contributed by atoms with Gasteiger partial charge in [-0.15, -0.1) is 0 Å². The number of benzene rings is 2. The number of hydrogen-bond donors (Lipinski definition) is 0. The minimum atomic E-state index is 0.0110. The first-order chi connectivity index (χ1) is 14.6. The first-order valence-electron chi connectivity index (χ1n) is 10.2. The normalized spacial score (nSPS) is 17.6. The maximum absolute atomic E-state index is 13.4. The van der Waals surface area contributed by atoms with Crippen LogP contribution in [0.4, 0.5) is 5.13 Å². The summed E-state index contributed by atoms with van der Waals surface area (Å²) in [5.41, 5.74) is 4.27. The zero-order chi connectivity index (χ0) is 20.7. The van der Waals surface area contributed by atoms with Gasteiger partial charge in [0.05, 0.1) is 29.3 Å². The molecular weight excluding hydrogens is 400 g/mol. The molecule has 0 saturated carbocycles. The SMILES string of the molecule is Cc1cc2nc(N(C[C@H]3CCCO3)C(=O)Cc3ccc4c(c3)OCO4)sc2cc1C. The predicted molar refractivity (Wildman–Crippen MR) is 117 cm³/mol. The molecule has 0 spiro atoms. The zero-order valence-electron chi connectivity index (χ0n) is 17.1. The molecule has 6 nitrogen and oxygen atoms in total. The fourth-order valence-corrected chi connectivity index (χ4v) is 4.95. The largest absolute Gasteiger partial charge is 0.454 e. The highest BCUT2D eigenvalue weighted by Crippen LogP contribution is 2.34. The highest BCUT2D eigenvalue weighted by molar-refractivity contribution is 7.22. The van der Waals surface area contributed by atoms with Crippen molar-refractivity contribution in [2.75, 3.05) is 24.8 Å². The Bertz CT molecular complexity index is 1070. The summed E-state index contributed by atoms with van der Waals surface area (Å²) in [4.78, 5) is 20.0. The summed E-state index contributed by atoms with van der Waals surface area (Å²) < 4.78 is 17.8. The van der Waals surface area contributed by atoms with E-state index in [1.807, 2.05) is 18.2 Å². The zero-order valence-corrected chi connectivity index (χ0v) is 18.0. The molecule has 7 heteroatoms. The molecule has 2 aliphatic heterocycles. The quantitative estimate of drug-likeness (QED) is 0.608. The van der Waals surface area contributed by atoms with E-state index in [1.54, 1.807) is 16.2 Å². The first kappa shape index (κ1) is 19.3. The van der Waals surface area contributed by atoms with Gasteiger partial charge >= 0.3 is 0 Å². The van der Waals surface area contributed by atoms with Crippen molar-refractivity contribution >= 4 is 32.6 Å². The number of hydrogen-bond acceptors (Lipinski definition) is 6. The van der Waals surface area contributed by atoms with Crippen LogP contribution in [0.5, 0.6) is 11.5 Å². The monoisotopic (exact) mass is 424 g/mol. The molecule has 3 heterocycles. The second kappa shape index (κ2) is 7.89. The van der Waals surface area contributed by atoms with Gasteiger partial charge in [-0.2, -0.15) is 0 Å². The minimum absolute atomic E-state index is 0.0110. The second-order valence-corrected chi connectivity index (χ2v) is 8.91. The van der Waals surface area contributed by atoms with Crippen LogP contribution in [0.15, 0.2) is 30.3 Å². The molecule has 1 amide bonds. The van der Waals surface area contributed by atoms with E-state index in [2.05, 4.69) is 26.0 Å². The van der Waals surface area contributed by atoms with Gasteiger partial charge in [0.15, 0.2) is 16.6 Å². The Hall–Kier alpha value is -2.64. The van der Waals surface area contributed by atoms with Crippen molar-refractivity contribution in [3.8, 4) is 11.5 Å². The molecule has 0 N–H and O–H groups in total. The summed E-state index contributed by atoms with van der Waals surface area (Å²) in [5, 5.41) is 0.733. The molecule has 1 fully saturated rings. The molecular formula is C23H24N2O4S. The lowest BCUT2D eigenvalue weighted by Gasteiger charge is -2.23. The van der Waals surface area contributed by atoms with Crippen LogP contribution in [-0.4, -0.2) is 36.9 Å². The van der Waals surface area contributed by atoms with Gasteiger partial charge in [0.2, 0.25) is 12.7 Å². The van der Waals surface area contributed by atoms with Crippen LogP contribution in [0.2, 0.25) is 0 Å². The number of ether oxygens (including phenoxy) is 3. The van der Waals surface area contributed by atoms with Crippen LogP contribution in [-0.2, 0) is 16.0 Å². The number of fused-ring (bicyclic) bond motifs is 2. The standard InChI is InChI=1S/C23H24N2O4S/c1-14-8-18-21(9-15(14)2)30-23(24-18)25(12-17-4-3-7-27-17)22(26)11-16-5-6-19-20(10-16)29-13-28-19/h5-6,8-10,17H,3-4,7,11-13H2,1-2H3/t17-/m1/s1.